The number of primary amides is 1. The molecular formula is C8H10N6O. The Hall–Kier alpha value is -2.02. The van der Waals surface area contributed by atoms with E-state index in [2.05, 4.69) is 15.1 Å². The summed E-state index contributed by atoms with van der Waals surface area (Å²) < 4.78 is 1.52. The van der Waals surface area contributed by atoms with Crippen molar-refractivity contribution in [1.29, 1.82) is 0 Å². The molecule has 0 saturated heterocycles. The molecule has 1 atom stereocenters. The number of nitrogens with zero attached hydrogens (tertiary/aromatic N) is 4. The molecule has 0 spiro atoms. The summed E-state index contributed by atoms with van der Waals surface area (Å²) in [5.41, 5.74) is 11.4. The van der Waals surface area contributed by atoms with Crippen LogP contribution in [-0.4, -0.2) is 31.5 Å². The summed E-state index contributed by atoms with van der Waals surface area (Å²) in [4.78, 5) is 18.7. The zero-order valence-corrected chi connectivity index (χ0v) is 7.87. The number of carbonyl (C=O) groups is 1. The van der Waals surface area contributed by atoms with Gasteiger partial charge in [0, 0.05) is 12.4 Å². The molecule has 2 aromatic heterocycles. The molecule has 0 bridgehead atoms. The fourth-order valence-corrected chi connectivity index (χ4v) is 1.22. The molecule has 0 fully saturated rings. The van der Waals surface area contributed by atoms with E-state index in [0.717, 1.165) is 5.56 Å². The average molecular weight is 206 g/mol. The second kappa shape index (κ2) is 3.62. The Kier molecular flexibility index (Phi) is 2.30. The van der Waals surface area contributed by atoms with Crippen molar-refractivity contribution in [2.75, 3.05) is 0 Å². The lowest BCUT2D eigenvalue weighted by atomic mass is 10.1. The summed E-state index contributed by atoms with van der Waals surface area (Å²) >= 11 is 0. The van der Waals surface area contributed by atoms with Crippen molar-refractivity contribution in [3.05, 3.63) is 24.3 Å². The highest BCUT2D eigenvalue weighted by Crippen LogP contribution is 2.01. The van der Waals surface area contributed by atoms with E-state index in [0.29, 0.717) is 12.2 Å². The molecule has 7 heteroatoms. The molecule has 2 rings (SSSR count). The van der Waals surface area contributed by atoms with E-state index in [-0.39, 0.29) is 0 Å². The van der Waals surface area contributed by atoms with Gasteiger partial charge in [-0.1, -0.05) is 0 Å². The first kappa shape index (κ1) is 9.53. The van der Waals surface area contributed by atoms with E-state index in [1.165, 1.54) is 10.8 Å². The second-order valence-corrected chi connectivity index (χ2v) is 3.18. The maximum absolute atomic E-state index is 10.8. The number of fused-ring (bicyclic) bond motifs is 1. The maximum atomic E-state index is 10.8. The molecule has 0 saturated carbocycles. The van der Waals surface area contributed by atoms with Crippen LogP contribution in [0.3, 0.4) is 0 Å². The van der Waals surface area contributed by atoms with Crippen LogP contribution in [-0.2, 0) is 11.2 Å². The summed E-state index contributed by atoms with van der Waals surface area (Å²) in [6.45, 7) is 0. The average Bonchev–Trinajstić information content (AvgIpc) is 2.64. The van der Waals surface area contributed by atoms with Gasteiger partial charge in [-0.2, -0.15) is 10.1 Å². The van der Waals surface area contributed by atoms with E-state index >= 15 is 0 Å². The summed E-state index contributed by atoms with van der Waals surface area (Å²) in [6.07, 6.45) is 5.07. The molecule has 0 aromatic carbocycles. The Balaban J connectivity index is 2.24. The highest BCUT2D eigenvalue weighted by molar-refractivity contribution is 5.79. The lowest BCUT2D eigenvalue weighted by molar-refractivity contribution is -0.119. The molecule has 0 radical (unpaired) electrons. The predicted octanol–water partition coefficient (Wildman–Crippen LogP) is -1.52. The Morgan fingerprint density at radius 1 is 1.53 bits per heavy atom. The predicted molar refractivity (Wildman–Crippen MR) is 51.7 cm³/mol. The molecule has 7 nitrogen and oxygen atoms in total. The smallest absolute Gasteiger partial charge is 0.252 e. The lowest BCUT2D eigenvalue weighted by Crippen LogP contribution is -2.38. The van der Waals surface area contributed by atoms with Crippen LogP contribution in [0.1, 0.15) is 5.56 Å². The van der Waals surface area contributed by atoms with Crippen molar-refractivity contribution >= 4 is 11.7 Å². The van der Waals surface area contributed by atoms with E-state index < -0.39 is 11.9 Å². The van der Waals surface area contributed by atoms with Crippen molar-refractivity contribution in [3.8, 4) is 0 Å². The first-order valence-electron chi connectivity index (χ1n) is 4.36. The van der Waals surface area contributed by atoms with Gasteiger partial charge in [-0.25, -0.2) is 9.50 Å². The van der Waals surface area contributed by atoms with Crippen LogP contribution in [0.25, 0.3) is 5.78 Å². The Labute approximate surface area is 85.1 Å². The number of amides is 1. The largest absolute Gasteiger partial charge is 0.368 e. The number of carbonyl (C=O) groups excluding carboxylic acids is 1. The van der Waals surface area contributed by atoms with Crippen LogP contribution in [0.5, 0.6) is 0 Å². The van der Waals surface area contributed by atoms with Gasteiger partial charge in [-0.3, -0.25) is 4.79 Å². The Morgan fingerprint density at radius 2 is 2.33 bits per heavy atom. The molecule has 4 N–H and O–H groups in total. The summed E-state index contributed by atoms with van der Waals surface area (Å²) in [5, 5.41) is 3.92. The molecule has 0 aliphatic rings. The van der Waals surface area contributed by atoms with Crippen molar-refractivity contribution in [2.24, 2.45) is 11.5 Å². The minimum atomic E-state index is -0.701. The van der Waals surface area contributed by atoms with E-state index in [1.807, 2.05) is 0 Å². The van der Waals surface area contributed by atoms with Gasteiger partial charge in [0.05, 0.1) is 6.04 Å². The number of aromatic nitrogens is 4. The number of nitrogens with two attached hydrogens (primary N) is 2. The van der Waals surface area contributed by atoms with Crippen LogP contribution in [0, 0.1) is 0 Å². The van der Waals surface area contributed by atoms with E-state index in [4.69, 9.17) is 11.5 Å². The van der Waals surface area contributed by atoms with Gasteiger partial charge in [0.1, 0.15) is 6.33 Å². The standard InChI is InChI=1S/C8H10N6O/c9-6(7(10)15)1-5-2-11-8-12-4-13-14(8)3-5/h2-4,6H,1,9H2,(H2,10,15). The third-order valence-electron chi connectivity index (χ3n) is 2.01. The van der Waals surface area contributed by atoms with Gasteiger partial charge in [0.25, 0.3) is 5.78 Å². The van der Waals surface area contributed by atoms with E-state index in [1.54, 1.807) is 12.4 Å². The molecule has 0 aliphatic carbocycles. The highest BCUT2D eigenvalue weighted by atomic mass is 16.1. The van der Waals surface area contributed by atoms with Gasteiger partial charge >= 0.3 is 0 Å². The topological polar surface area (TPSA) is 112 Å². The number of hydrogen-bond donors (Lipinski definition) is 2. The molecular weight excluding hydrogens is 196 g/mol. The fourth-order valence-electron chi connectivity index (χ4n) is 1.22. The zero-order valence-electron chi connectivity index (χ0n) is 7.87. The maximum Gasteiger partial charge on any atom is 0.252 e. The molecule has 2 heterocycles. The minimum absolute atomic E-state index is 0.345. The third kappa shape index (κ3) is 1.91. The van der Waals surface area contributed by atoms with Crippen LogP contribution >= 0.6 is 0 Å². The number of rotatable bonds is 3. The van der Waals surface area contributed by atoms with Crippen LogP contribution in [0.2, 0.25) is 0 Å². The van der Waals surface area contributed by atoms with E-state index in [9.17, 15) is 4.79 Å². The van der Waals surface area contributed by atoms with Crippen molar-refractivity contribution < 1.29 is 4.79 Å². The highest BCUT2D eigenvalue weighted by Gasteiger charge is 2.10. The van der Waals surface area contributed by atoms with Gasteiger partial charge in [0.15, 0.2) is 0 Å². The van der Waals surface area contributed by atoms with Crippen molar-refractivity contribution in [1.82, 2.24) is 19.6 Å². The molecule has 1 amide bonds. The van der Waals surface area contributed by atoms with Crippen LogP contribution < -0.4 is 11.5 Å². The number of hydrogen-bond acceptors (Lipinski definition) is 5. The van der Waals surface area contributed by atoms with Crippen molar-refractivity contribution in [3.63, 3.8) is 0 Å². The van der Waals surface area contributed by atoms with Crippen LogP contribution in [0.15, 0.2) is 18.7 Å². The second-order valence-electron chi connectivity index (χ2n) is 3.18. The fraction of sp³-hybridized carbons (Fsp3) is 0.250. The zero-order chi connectivity index (χ0) is 10.8. The molecule has 15 heavy (non-hydrogen) atoms. The Bertz CT molecular complexity index is 493. The third-order valence-corrected chi connectivity index (χ3v) is 2.01. The molecule has 0 aliphatic heterocycles. The monoisotopic (exact) mass is 206 g/mol. The first-order valence-corrected chi connectivity index (χ1v) is 4.36. The SMILES string of the molecule is NC(=O)C(N)Cc1cnc2ncnn2c1. The van der Waals surface area contributed by atoms with Gasteiger partial charge in [-0.05, 0) is 12.0 Å². The first-order chi connectivity index (χ1) is 7.16. The molecule has 2 aromatic rings. The van der Waals surface area contributed by atoms with Crippen molar-refractivity contribution in [2.45, 2.75) is 12.5 Å². The summed E-state index contributed by atoms with van der Waals surface area (Å²) in [5.74, 6) is -0.0277. The normalized spacial score (nSPS) is 12.9. The summed E-state index contributed by atoms with van der Waals surface area (Å²) in [6, 6.07) is -0.701. The summed E-state index contributed by atoms with van der Waals surface area (Å²) in [7, 11) is 0. The molecule has 78 valence electrons. The quantitative estimate of drug-likeness (QED) is 0.633. The Morgan fingerprint density at radius 3 is 3.07 bits per heavy atom. The molecule has 1 unspecified atom stereocenters. The minimum Gasteiger partial charge on any atom is -0.368 e. The van der Waals surface area contributed by atoms with Gasteiger partial charge in [-0.15, -0.1) is 0 Å². The van der Waals surface area contributed by atoms with Crippen LogP contribution in [0.4, 0.5) is 0 Å². The van der Waals surface area contributed by atoms with Gasteiger partial charge < -0.3 is 11.5 Å². The van der Waals surface area contributed by atoms with Gasteiger partial charge in [0.2, 0.25) is 5.91 Å². The lowest BCUT2D eigenvalue weighted by Gasteiger charge is -2.06.